The van der Waals surface area contributed by atoms with Gasteiger partial charge in [-0.25, -0.2) is 0 Å². The SMILES string of the molecule is COc1ccc2c(c1)C=C(N1CCC(C)C1)C2. The fourth-order valence-electron chi connectivity index (χ4n) is 2.82. The van der Waals surface area contributed by atoms with E-state index in [0.717, 1.165) is 18.1 Å². The van der Waals surface area contributed by atoms with E-state index in [4.69, 9.17) is 4.74 Å². The molecule has 1 aliphatic heterocycles. The predicted molar refractivity (Wildman–Crippen MR) is 70.0 cm³/mol. The highest BCUT2D eigenvalue weighted by Gasteiger charge is 2.24. The molecule has 0 radical (unpaired) electrons. The van der Waals surface area contributed by atoms with Crippen molar-refractivity contribution in [2.24, 2.45) is 5.92 Å². The van der Waals surface area contributed by atoms with Gasteiger partial charge in [0.1, 0.15) is 5.75 Å². The van der Waals surface area contributed by atoms with Crippen LogP contribution in [0.25, 0.3) is 6.08 Å². The lowest BCUT2D eigenvalue weighted by Gasteiger charge is -2.19. The fourth-order valence-corrected chi connectivity index (χ4v) is 2.82. The molecule has 0 amide bonds. The second-order valence-electron chi connectivity index (χ2n) is 5.22. The molecule has 1 atom stereocenters. The first-order valence-corrected chi connectivity index (χ1v) is 6.38. The zero-order chi connectivity index (χ0) is 11.8. The number of hydrogen-bond donors (Lipinski definition) is 0. The number of allylic oxidation sites excluding steroid dienone is 1. The highest BCUT2D eigenvalue weighted by atomic mass is 16.5. The molecule has 0 saturated carbocycles. The number of fused-ring (bicyclic) bond motifs is 1. The molecule has 1 aromatic carbocycles. The first-order valence-electron chi connectivity index (χ1n) is 6.38. The van der Waals surface area contributed by atoms with Gasteiger partial charge in [0.15, 0.2) is 0 Å². The first kappa shape index (κ1) is 10.7. The smallest absolute Gasteiger partial charge is 0.119 e. The Labute approximate surface area is 103 Å². The van der Waals surface area contributed by atoms with Crippen LogP contribution in [0.3, 0.4) is 0 Å². The molecule has 1 saturated heterocycles. The average molecular weight is 229 g/mol. The molecule has 0 bridgehead atoms. The molecule has 2 heteroatoms. The Morgan fingerprint density at radius 1 is 1.35 bits per heavy atom. The monoisotopic (exact) mass is 229 g/mol. The van der Waals surface area contributed by atoms with Crippen LogP contribution in [-0.4, -0.2) is 25.1 Å². The van der Waals surface area contributed by atoms with E-state index in [1.807, 2.05) is 0 Å². The van der Waals surface area contributed by atoms with Crippen LogP contribution in [0.1, 0.15) is 24.5 Å². The molecule has 0 aromatic heterocycles. The Kier molecular flexibility index (Phi) is 2.58. The average Bonchev–Trinajstić information content (AvgIpc) is 2.93. The maximum Gasteiger partial charge on any atom is 0.119 e. The van der Waals surface area contributed by atoms with Gasteiger partial charge in [-0.2, -0.15) is 0 Å². The summed E-state index contributed by atoms with van der Waals surface area (Å²) in [6.07, 6.45) is 4.75. The first-order chi connectivity index (χ1) is 8.26. The summed E-state index contributed by atoms with van der Waals surface area (Å²) in [7, 11) is 1.73. The van der Waals surface area contributed by atoms with Crippen LogP contribution in [0.4, 0.5) is 0 Å². The third kappa shape index (κ3) is 1.92. The van der Waals surface area contributed by atoms with Crippen molar-refractivity contribution in [2.75, 3.05) is 20.2 Å². The van der Waals surface area contributed by atoms with Gasteiger partial charge in [0.25, 0.3) is 0 Å². The number of hydrogen-bond acceptors (Lipinski definition) is 2. The molecule has 1 heterocycles. The number of rotatable bonds is 2. The van der Waals surface area contributed by atoms with Crippen LogP contribution in [-0.2, 0) is 6.42 Å². The van der Waals surface area contributed by atoms with Gasteiger partial charge < -0.3 is 9.64 Å². The lowest BCUT2D eigenvalue weighted by molar-refractivity contribution is 0.407. The second-order valence-corrected chi connectivity index (χ2v) is 5.22. The van der Waals surface area contributed by atoms with E-state index in [-0.39, 0.29) is 0 Å². The van der Waals surface area contributed by atoms with Crippen LogP contribution in [0.15, 0.2) is 23.9 Å². The van der Waals surface area contributed by atoms with Gasteiger partial charge in [-0.05, 0) is 41.7 Å². The van der Waals surface area contributed by atoms with E-state index < -0.39 is 0 Å². The van der Waals surface area contributed by atoms with E-state index in [9.17, 15) is 0 Å². The summed E-state index contributed by atoms with van der Waals surface area (Å²) in [4.78, 5) is 2.54. The van der Waals surface area contributed by atoms with E-state index in [0.29, 0.717) is 0 Å². The van der Waals surface area contributed by atoms with Crippen molar-refractivity contribution < 1.29 is 4.74 Å². The molecule has 1 unspecified atom stereocenters. The molecule has 0 N–H and O–H groups in total. The second kappa shape index (κ2) is 4.10. The quantitative estimate of drug-likeness (QED) is 0.773. The van der Waals surface area contributed by atoms with Crippen molar-refractivity contribution in [2.45, 2.75) is 19.8 Å². The van der Waals surface area contributed by atoms with Crippen LogP contribution >= 0.6 is 0 Å². The van der Waals surface area contributed by atoms with Gasteiger partial charge >= 0.3 is 0 Å². The van der Waals surface area contributed by atoms with Crippen LogP contribution in [0.2, 0.25) is 0 Å². The number of methoxy groups -OCH3 is 1. The highest BCUT2D eigenvalue weighted by molar-refractivity contribution is 5.65. The molecule has 3 rings (SSSR count). The normalized spacial score (nSPS) is 22.6. The summed E-state index contributed by atoms with van der Waals surface area (Å²) in [5.74, 6) is 1.80. The molecule has 1 aliphatic carbocycles. The lowest BCUT2D eigenvalue weighted by atomic mass is 10.1. The Balaban J connectivity index is 1.83. The van der Waals surface area contributed by atoms with Crippen molar-refractivity contribution in [3.63, 3.8) is 0 Å². The van der Waals surface area contributed by atoms with Gasteiger partial charge in [0.2, 0.25) is 0 Å². The zero-order valence-electron chi connectivity index (χ0n) is 10.6. The largest absolute Gasteiger partial charge is 0.497 e. The summed E-state index contributed by atoms with van der Waals surface area (Å²) >= 11 is 0. The third-order valence-corrected chi connectivity index (χ3v) is 3.88. The van der Waals surface area contributed by atoms with E-state index >= 15 is 0 Å². The highest BCUT2D eigenvalue weighted by Crippen LogP contribution is 2.32. The van der Waals surface area contributed by atoms with Gasteiger partial charge in [0, 0.05) is 25.2 Å². The minimum atomic E-state index is 0.842. The molecular weight excluding hydrogens is 210 g/mol. The van der Waals surface area contributed by atoms with E-state index in [2.05, 4.69) is 36.1 Å². The van der Waals surface area contributed by atoms with Crippen LogP contribution < -0.4 is 4.74 Å². The molecule has 90 valence electrons. The zero-order valence-corrected chi connectivity index (χ0v) is 10.6. The minimum Gasteiger partial charge on any atom is -0.497 e. The summed E-state index contributed by atoms with van der Waals surface area (Å²) in [6, 6.07) is 6.39. The maximum atomic E-state index is 5.27. The van der Waals surface area contributed by atoms with Crippen molar-refractivity contribution in [1.29, 1.82) is 0 Å². The van der Waals surface area contributed by atoms with Crippen LogP contribution in [0, 0.1) is 5.92 Å². The maximum absolute atomic E-state index is 5.27. The number of nitrogens with zero attached hydrogens (tertiary/aromatic N) is 1. The number of likely N-dealkylation sites (tertiary alicyclic amines) is 1. The Bertz CT molecular complexity index is 464. The molecule has 0 spiro atoms. The molecule has 2 aliphatic rings. The van der Waals surface area contributed by atoms with Crippen molar-refractivity contribution >= 4 is 6.08 Å². The summed E-state index contributed by atoms with van der Waals surface area (Å²) < 4.78 is 5.27. The molecular formula is C15H19NO. The van der Waals surface area contributed by atoms with Gasteiger partial charge in [-0.15, -0.1) is 0 Å². The van der Waals surface area contributed by atoms with E-state index in [1.165, 1.54) is 36.3 Å². The number of ether oxygens (including phenoxy) is 1. The van der Waals surface area contributed by atoms with Crippen LogP contribution in [0.5, 0.6) is 5.75 Å². The van der Waals surface area contributed by atoms with Gasteiger partial charge in [-0.1, -0.05) is 13.0 Å². The predicted octanol–water partition coefficient (Wildman–Crippen LogP) is 2.93. The van der Waals surface area contributed by atoms with Crippen molar-refractivity contribution in [3.8, 4) is 5.75 Å². The molecule has 17 heavy (non-hydrogen) atoms. The Morgan fingerprint density at radius 3 is 2.94 bits per heavy atom. The fraction of sp³-hybridized carbons (Fsp3) is 0.467. The van der Waals surface area contributed by atoms with Crippen molar-refractivity contribution in [1.82, 2.24) is 4.90 Å². The number of benzene rings is 1. The Hall–Kier alpha value is -1.44. The third-order valence-electron chi connectivity index (χ3n) is 3.88. The van der Waals surface area contributed by atoms with Gasteiger partial charge in [-0.3, -0.25) is 0 Å². The van der Waals surface area contributed by atoms with Crippen molar-refractivity contribution in [3.05, 3.63) is 35.0 Å². The minimum absolute atomic E-state index is 0.842. The molecule has 1 fully saturated rings. The Morgan fingerprint density at radius 2 is 2.24 bits per heavy atom. The summed E-state index contributed by atoms with van der Waals surface area (Å²) in [5, 5.41) is 0. The van der Waals surface area contributed by atoms with E-state index in [1.54, 1.807) is 7.11 Å². The molecule has 2 nitrogen and oxygen atoms in total. The van der Waals surface area contributed by atoms with Gasteiger partial charge in [0.05, 0.1) is 7.11 Å². The topological polar surface area (TPSA) is 12.5 Å². The summed E-state index contributed by atoms with van der Waals surface area (Å²) in [5.41, 5.74) is 4.25. The molecule has 1 aromatic rings. The lowest BCUT2D eigenvalue weighted by Crippen LogP contribution is -2.19. The standard InChI is InChI=1S/C15H19NO/c1-11-5-6-16(10-11)14-7-12-3-4-15(17-2)9-13(12)8-14/h3-4,8-9,11H,5-7,10H2,1-2H3. The summed E-state index contributed by atoms with van der Waals surface area (Å²) in [6.45, 7) is 4.78.